The quantitative estimate of drug-likeness (QED) is 0.241. The van der Waals surface area contributed by atoms with Gasteiger partial charge >= 0.3 is 11.9 Å². The van der Waals surface area contributed by atoms with Crippen LogP contribution in [0.4, 0.5) is 0 Å². The summed E-state index contributed by atoms with van der Waals surface area (Å²) in [5.74, 6) is 3.23. The van der Waals surface area contributed by atoms with Crippen molar-refractivity contribution in [1.82, 2.24) is 0 Å². The Hall–Kier alpha value is -2.10. The summed E-state index contributed by atoms with van der Waals surface area (Å²) in [4.78, 5) is 25.2. The minimum Gasteiger partial charge on any atom is -0.462 e. The van der Waals surface area contributed by atoms with E-state index in [0.717, 1.165) is 37.0 Å². The molecule has 4 heteroatoms. The molecule has 0 radical (unpaired) electrons. The SMILES string of the molecule is CC(=O)O[C@@H]1CC[C@]2(C)C(=C[C@@H](OC(=O)c3ccccc3)[C@H]3[C@@H]4CC[C@@H]([C@@H](C)CCCC(C)C)[C@@]4(C)CC[C@@H]32)C1. The van der Waals surface area contributed by atoms with Gasteiger partial charge in [-0.25, -0.2) is 4.79 Å². The number of fused-ring (bicyclic) bond motifs is 5. The lowest BCUT2D eigenvalue weighted by Gasteiger charge is -2.59. The van der Waals surface area contributed by atoms with Crippen LogP contribution in [-0.4, -0.2) is 24.1 Å². The van der Waals surface area contributed by atoms with Crippen LogP contribution in [0.5, 0.6) is 0 Å². The molecule has 0 amide bonds. The number of benzene rings is 1. The van der Waals surface area contributed by atoms with Crippen LogP contribution < -0.4 is 0 Å². The van der Waals surface area contributed by atoms with E-state index in [1.165, 1.54) is 57.4 Å². The molecule has 0 N–H and O–H groups in total. The monoisotopic (exact) mass is 548 g/mol. The molecule has 0 heterocycles. The first-order valence-corrected chi connectivity index (χ1v) is 16.2. The maximum atomic E-state index is 13.4. The molecule has 5 rings (SSSR count). The minimum atomic E-state index is -0.225. The summed E-state index contributed by atoms with van der Waals surface area (Å²) in [7, 11) is 0. The number of hydrogen-bond donors (Lipinski definition) is 0. The lowest BCUT2D eigenvalue weighted by atomic mass is 9.46. The van der Waals surface area contributed by atoms with Crippen molar-refractivity contribution in [2.75, 3.05) is 0 Å². The van der Waals surface area contributed by atoms with Gasteiger partial charge < -0.3 is 9.47 Å². The molecule has 0 spiro atoms. The van der Waals surface area contributed by atoms with E-state index in [9.17, 15) is 9.59 Å². The molecule has 9 atom stereocenters. The second-order valence-electron chi connectivity index (χ2n) is 14.6. The summed E-state index contributed by atoms with van der Waals surface area (Å²) in [5.41, 5.74) is 2.34. The van der Waals surface area contributed by atoms with Crippen molar-refractivity contribution in [3.05, 3.63) is 47.5 Å². The Labute approximate surface area is 242 Å². The van der Waals surface area contributed by atoms with Crippen molar-refractivity contribution in [2.24, 2.45) is 46.3 Å². The molecule has 3 saturated carbocycles. The average molecular weight is 549 g/mol. The third-order valence-electron chi connectivity index (χ3n) is 11.8. The number of carbonyl (C=O) groups excluding carboxylic acids is 2. The highest BCUT2D eigenvalue weighted by molar-refractivity contribution is 5.89. The van der Waals surface area contributed by atoms with Gasteiger partial charge in [0.05, 0.1) is 5.56 Å². The first-order chi connectivity index (χ1) is 19.0. The van der Waals surface area contributed by atoms with Crippen molar-refractivity contribution < 1.29 is 19.1 Å². The fourth-order valence-corrected chi connectivity index (χ4v) is 9.83. The van der Waals surface area contributed by atoms with E-state index >= 15 is 0 Å². The van der Waals surface area contributed by atoms with Gasteiger partial charge in [0.1, 0.15) is 12.2 Å². The Kier molecular flexibility index (Phi) is 8.56. The average Bonchev–Trinajstić information content (AvgIpc) is 3.26. The summed E-state index contributed by atoms with van der Waals surface area (Å²) >= 11 is 0. The second-order valence-corrected chi connectivity index (χ2v) is 14.6. The zero-order valence-electron chi connectivity index (χ0n) is 25.8. The molecule has 1 aromatic rings. The van der Waals surface area contributed by atoms with Crippen molar-refractivity contribution in [2.45, 2.75) is 118 Å². The van der Waals surface area contributed by atoms with E-state index < -0.39 is 0 Å². The zero-order valence-corrected chi connectivity index (χ0v) is 25.8. The zero-order chi connectivity index (χ0) is 28.7. The van der Waals surface area contributed by atoms with Crippen molar-refractivity contribution in [1.29, 1.82) is 0 Å². The highest BCUT2D eigenvalue weighted by atomic mass is 16.5. The van der Waals surface area contributed by atoms with E-state index in [0.29, 0.717) is 28.7 Å². The molecule has 0 unspecified atom stereocenters. The number of rotatable bonds is 8. The second kappa shape index (κ2) is 11.6. The molecule has 40 heavy (non-hydrogen) atoms. The molecule has 4 aliphatic carbocycles. The maximum absolute atomic E-state index is 13.4. The number of carbonyl (C=O) groups is 2. The molecule has 0 bridgehead atoms. The van der Waals surface area contributed by atoms with Crippen LogP contribution in [-0.2, 0) is 14.3 Å². The highest BCUT2D eigenvalue weighted by Gasteiger charge is 2.62. The summed E-state index contributed by atoms with van der Waals surface area (Å²) in [5, 5.41) is 0. The van der Waals surface area contributed by atoms with Crippen molar-refractivity contribution in [3.63, 3.8) is 0 Å². The van der Waals surface area contributed by atoms with Crippen LogP contribution in [0.2, 0.25) is 0 Å². The molecule has 0 saturated heterocycles. The smallest absolute Gasteiger partial charge is 0.338 e. The van der Waals surface area contributed by atoms with Gasteiger partial charge in [-0.3, -0.25) is 4.79 Å². The predicted octanol–water partition coefficient (Wildman–Crippen LogP) is 8.80. The molecule has 1 aromatic carbocycles. The van der Waals surface area contributed by atoms with Gasteiger partial charge in [0, 0.05) is 19.3 Å². The Morgan fingerprint density at radius 2 is 1.68 bits per heavy atom. The Balaban J connectivity index is 1.45. The van der Waals surface area contributed by atoms with Gasteiger partial charge in [0.15, 0.2) is 0 Å². The molecule has 0 aliphatic heterocycles. The number of esters is 2. The number of ether oxygens (including phenoxy) is 2. The van der Waals surface area contributed by atoms with Gasteiger partial charge in [0.2, 0.25) is 0 Å². The van der Waals surface area contributed by atoms with Gasteiger partial charge in [0.25, 0.3) is 0 Å². The van der Waals surface area contributed by atoms with Crippen LogP contribution >= 0.6 is 0 Å². The normalized spacial score (nSPS) is 37.5. The summed E-state index contributed by atoms with van der Waals surface area (Å²) in [6, 6.07) is 9.45. The summed E-state index contributed by atoms with van der Waals surface area (Å²) in [6.45, 7) is 13.7. The lowest BCUT2D eigenvalue weighted by Crippen LogP contribution is -2.55. The topological polar surface area (TPSA) is 52.6 Å². The van der Waals surface area contributed by atoms with Crippen LogP contribution in [0.3, 0.4) is 0 Å². The Morgan fingerprint density at radius 1 is 0.925 bits per heavy atom. The third-order valence-corrected chi connectivity index (χ3v) is 11.8. The number of hydrogen-bond acceptors (Lipinski definition) is 4. The molecule has 4 nitrogen and oxygen atoms in total. The third kappa shape index (κ3) is 5.53. The fourth-order valence-electron chi connectivity index (χ4n) is 9.83. The van der Waals surface area contributed by atoms with Crippen LogP contribution in [0.1, 0.15) is 116 Å². The van der Waals surface area contributed by atoms with E-state index in [4.69, 9.17) is 9.47 Å². The first-order valence-electron chi connectivity index (χ1n) is 16.2. The maximum Gasteiger partial charge on any atom is 0.338 e. The Bertz CT molecular complexity index is 1090. The predicted molar refractivity (Wildman–Crippen MR) is 160 cm³/mol. The summed E-state index contributed by atoms with van der Waals surface area (Å²) in [6.07, 6.45) is 13.7. The first kappa shape index (κ1) is 29.4. The van der Waals surface area contributed by atoms with Gasteiger partial charge in [-0.2, -0.15) is 0 Å². The standard InChI is InChI=1S/C36H52O4/c1-23(2)11-10-12-24(3)29-15-16-30-33-31(18-20-36(29,30)6)35(5)19-17-28(39-25(4)37)21-27(35)22-32(33)40-34(38)26-13-8-7-9-14-26/h7-9,13-14,22-24,28-33H,10-12,15-21H2,1-6H3/t24-,28+,29-,30-,31-,32+,33-,35+,36+/m0/s1. The van der Waals surface area contributed by atoms with Crippen LogP contribution in [0.25, 0.3) is 0 Å². The Morgan fingerprint density at radius 3 is 2.38 bits per heavy atom. The van der Waals surface area contributed by atoms with E-state index in [-0.39, 0.29) is 29.6 Å². The van der Waals surface area contributed by atoms with Gasteiger partial charge in [-0.05, 0) is 97.2 Å². The molecule has 0 aromatic heterocycles. The van der Waals surface area contributed by atoms with Gasteiger partial charge in [-0.1, -0.05) is 77.7 Å². The van der Waals surface area contributed by atoms with Crippen LogP contribution in [0.15, 0.2) is 42.0 Å². The largest absolute Gasteiger partial charge is 0.462 e. The molecular formula is C36H52O4. The van der Waals surface area contributed by atoms with E-state index in [1.54, 1.807) is 0 Å². The van der Waals surface area contributed by atoms with Crippen molar-refractivity contribution in [3.8, 4) is 0 Å². The summed E-state index contributed by atoms with van der Waals surface area (Å²) < 4.78 is 12.2. The van der Waals surface area contributed by atoms with E-state index in [2.05, 4.69) is 40.7 Å². The van der Waals surface area contributed by atoms with Gasteiger partial charge in [-0.15, -0.1) is 0 Å². The van der Waals surface area contributed by atoms with E-state index in [1.807, 2.05) is 30.3 Å². The molecule has 3 fully saturated rings. The molecule has 4 aliphatic rings. The fraction of sp³-hybridized carbons (Fsp3) is 0.722. The van der Waals surface area contributed by atoms with Crippen LogP contribution in [0, 0.1) is 46.3 Å². The van der Waals surface area contributed by atoms with Crippen molar-refractivity contribution >= 4 is 11.9 Å². The molecular weight excluding hydrogens is 496 g/mol. The highest BCUT2D eigenvalue weighted by Crippen LogP contribution is 2.67. The minimum absolute atomic E-state index is 0.0738. The lowest BCUT2D eigenvalue weighted by molar-refractivity contribution is -0.149. The molecule has 220 valence electrons.